The monoisotopic (exact) mass is 119 g/mol. The molecule has 2 heteroatoms. The minimum absolute atomic E-state index is 0.680. The smallest absolute Gasteiger partial charge is 0.0327 e. The van der Waals surface area contributed by atoms with E-state index in [1.807, 2.05) is 0 Å². The first-order valence-corrected chi connectivity index (χ1v) is 3.43. The van der Waals surface area contributed by atoms with E-state index in [1.54, 1.807) is 0 Å². The fourth-order valence-corrected chi connectivity index (χ4v) is 0.851. The Morgan fingerprint density at radius 2 is 2.14 bits per heavy atom. The maximum atomic E-state index is 9.75. The molecule has 0 fully saturated rings. The second-order valence-corrected chi connectivity index (χ2v) is 2.65. The lowest BCUT2D eigenvalue weighted by atomic mass is 10.2. The molecule has 0 bridgehead atoms. The third-order valence-electron chi connectivity index (χ3n) is 0.779. The Balaban J connectivity index is 2.68. The van der Waals surface area contributed by atoms with Gasteiger partial charge in [0.15, 0.2) is 0 Å². The number of hydrogen-bond acceptors (Lipinski definition) is 1. The number of rotatable bonds is 3. The van der Waals surface area contributed by atoms with E-state index in [-0.39, 0.29) is 0 Å². The zero-order valence-electron chi connectivity index (χ0n) is 4.81. The molecule has 0 unspecified atom stereocenters. The molecule has 0 spiro atoms. The minimum Gasteiger partial charge on any atom is -0.151 e. The van der Waals surface area contributed by atoms with Crippen molar-refractivity contribution in [1.29, 1.82) is 0 Å². The summed E-state index contributed by atoms with van der Waals surface area (Å²) in [4.78, 5) is 0. The molecule has 0 rings (SSSR count). The van der Waals surface area contributed by atoms with Crippen LogP contribution in [0.1, 0.15) is 20.3 Å². The third-order valence-corrected chi connectivity index (χ3v) is 1.18. The maximum Gasteiger partial charge on any atom is 0.0327 e. The van der Waals surface area contributed by atoms with Gasteiger partial charge >= 0.3 is 0 Å². The van der Waals surface area contributed by atoms with Crippen LogP contribution in [0.25, 0.3) is 0 Å². The van der Waals surface area contributed by atoms with E-state index in [1.165, 1.54) is 0 Å². The maximum absolute atomic E-state index is 9.75. The van der Waals surface area contributed by atoms with Crippen LogP contribution < -0.4 is 0 Å². The second kappa shape index (κ2) is 4.47. The van der Waals surface area contributed by atoms with Gasteiger partial charge < -0.3 is 0 Å². The molecule has 0 heterocycles. The largest absolute Gasteiger partial charge is 0.151 e. The van der Waals surface area contributed by atoms with Gasteiger partial charge in [-0.15, -0.1) is 0 Å². The normalized spacial score (nSPS) is 10.3. The van der Waals surface area contributed by atoms with Gasteiger partial charge in [-0.3, -0.25) is 0 Å². The predicted molar refractivity (Wildman–Crippen MR) is 32.6 cm³/mol. The average Bonchev–Trinajstić information content (AvgIpc) is 1.61. The van der Waals surface area contributed by atoms with Gasteiger partial charge in [-0.2, -0.15) is 4.55 Å². The SMILES string of the molecule is CC(C)CCS[O]. The van der Waals surface area contributed by atoms with E-state index in [4.69, 9.17) is 0 Å². The second-order valence-electron chi connectivity index (χ2n) is 2.00. The minimum atomic E-state index is 0.680. The summed E-state index contributed by atoms with van der Waals surface area (Å²) in [6, 6.07) is 0. The Labute approximate surface area is 49.3 Å². The van der Waals surface area contributed by atoms with Crippen molar-refractivity contribution in [2.75, 3.05) is 5.75 Å². The standard InChI is InChI=1S/C5H11OS/c1-5(2)3-4-7-6/h5H,3-4H2,1-2H3. The summed E-state index contributed by atoms with van der Waals surface area (Å²) >= 11 is 0.680. The molecule has 0 amide bonds. The van der Waals surface area contributed by atoms with Crippen LogP contribution in [0.2, 0.25) is 0 Å². The van der Waals surface area contributed by atoms with Crippen LogP contribution in [0.4, 0.5) is 0 Å². The summed E-state index contributed by atoms with van der Waals surface area (Å²) in [7, 11) is 0. The molecule has 0 aromatic rings. The van der Waals surface area contributed by atoms with Crippen LogP contribution in [-0.2, 0) is 4.55 Å². The highest BCUT2D eigenvalue weighted by Gasteiger charge is 1.90. The fourth-order valence-electron chi connectivity index (χ4n) is 0.284. The van der Waals surface area contributed by atoms with Crippen molar-refractivity contribution >= 4 is 12.0 Å². The summed E-state index contributed by atoms with van der Waals surface area (Å²) in [6.07, 6.45) is 1.05. The lowest BCUT2D eigenvalue weighted by Crippen LogP contribution is -1.87. The lowest BCUT2D eigenvalue weighted by molar-refractivity contribution is 0.524. The first kappa shape index (κ1) is 7.31. The molecule has 0 aliphatic carbocycles. The van der Waals surface area contributed by atoms with Crippen LogP contribution in [-0.4, -0.2) is 5.75 Å². The van der Waals surface area contributed by atoms with Gasteiger partial charge in [-0.25, -0.2) is 0 Å². The van der Waals surface area contributed by atoms with E-state index < -0.39 is 0 Å². The van der Waals surface area contributed by atoms with Crippen LogP contribution in [0.15, 0.2) is 0 Å². The molecule has 0 aromatic carbocycles. The molecular formula is C5H11OS. The molecule has 7 heavy (non-hydrogen) atoms. The Hall–Kier alpha value is 0.310. The van der Waals surface area contributed by atoms with Crippen LogP contribution >= 0.6 is 12.0 Å². The van der Waals surface area contributed by atoms with E-state index in [0.717, 1.165) is 12.2 Å². The van der Waals surface area contributed by atoms with Crippen molar-refractivity contribution in [3.63, 3.8) is 0 Å². The molecule has 43 valence electrons. The highest BCUT2D eigenvalue weighted by Crippen LogP contribution is 2.04. The van der Waals surface area contributed by atoms with E-state index in [9.17, 15) is 4.55 Å². The molecule has 0 aromatic heterocycles. The van der Waals surface area contributed by atoms with E-state index in [2.05, 4.69) is 13.8 Å². The Kier molecular flexibility index (Phi) is 4.67. The van der Waals surface area contributed by atoms with Gasteiger partial charge in [0.25, 0.3) is 0 Å². The summed E-state index contributed by atoms with van der Waals surface area (Å²) in [5, 5.41) is 0. The van der Waals surface area contributed by atoms with Crippen molar-refractivity contribution in [3.8, 4) is 0 Å². The highest BCUT2D eigenvalue weighted by atomic mass is 32.2. The Morgan fingerprint density at radius 1 is 1.57 bits per heavy atom. The van der Waals surface area contributed by atoms with E-state index >= 15 is 0 Å². The molecule has 0 aliphatic rings. The molecule has 0 N–H and O–H groups in total. The zero-order valence-corrected chi connectivity index (χ0v) is 5.62. The predicted octanol–water partition coefficient (Wildman–Crippen LogP) is 2.11. The molecule has 1 radical (unpaired) electrons. The summed E-state index contributed by atoms with van der Waals surface area (Å²) in [5.41, 5.74) is 0. The van der Waals surface area contributed by atoms with Crippen LogP contribution in [0.3, 0.4) is 0 Å². The van der Waals surface area contributed by atoms with Crippen molar-refractivity contribution in [1.82, 2.24) is 0 Å². The van der Waals surface area contributed by atoms with Gasteiger partial charge in [0, 0.05) is 17.8 Å². The van der Waals surface area contributed by atoms with Crippen LogP contribution in [0.5, 0.6) is 0 Å². The lowest BCUT2D eigenvalue weighted by Gasteiger charge is -1.96. The molecule has 0 saturated heterocycles. The fraction of sp³-hybridized carbons (Fsp3) is 1.00. The summed E-state index contributed by atoms with van der Waals surface area (Å²) < 4.78 is 9.75. The highest BCUT2D eigenvalue weighted by molar-refractivity contribution is 7.93. The Bertz CT molecular complexity index is 37.1. The summed E-state index contributed by atoms with van der Waals surface area (Å²) in [6.45, 7) is 4.24. The first-order chi connectivity index (χ1) is 3.27. The van der Waals surface area contributed by atoms with Crippen molar-refractivity contribution in [3.05, 3.63) is 0 Å². The van der Waals surface area contributed by atoms with Crippen molar-refractivity contribution in [2.24, 2.45) is 5.92 Å². The average molecular weight is 119 g/mol. The molecular weight excluding hydrogens is 108 g/mol. The zero-order chi connectivity index (χ0) is 5.70. The number of hydrogen-bond donors (Lipinski definition) is 0. The van der Waals surface area contributed by atoms with Crippen LogP contribution in [0, 0.1) is 5.92 Å². The molecule has 0 saturated carbocycles. The summed E-state index contributed by atoms with van der Waals surface area (Å²) in [5.74, 6) is 1.44. The van der Waals surface area contributed by atoms with Crippen molar-refractivity contribution < 1.29 is 4.55 Å². The quantitative estimate of drug-likeness (QED) is 0.521. The first-order valence-electron chi connectivity index (χ1n) is 2.52. The van der Waals surface area contributed by atoms with Gasteiger partial charge in [0.1, 0.15) is 0 Å². The van der Waals surface area contributed by atoms with E-state index in [0.29, 0.717) is 18.0 Å². The topological polar surface area (TPSA) is 19.9 Å². The van der Waals surface area contributed by atoms with Gasteiger partial charge in [-0.1, -0.05) is 13.8 Å². The van der Waals surface area contributed by atoms with Gasteiger partial charge in [0.2, 0.25) is 0 Å². The molecule has 0 atom stereocenters. The molecule has 1 nitrogen and oxygen atoms in total. The molecule has 0 aliphatic heterocycles. The van der Waals surface area contributed by atoms with Gasteiger partial charge in [-0.05, 0) is 12.3 Å². The van der Waals surface area contributed by atoms with Gasteiger partial charge in [0.05, 0.1) is 0 Å². The Morgan fingerprint density at radius 3 is 2.29 bits per heavy atom. The van der Waals surface area contributed by atoms with Crippen molar-refractivity contribution in [2.45, 2.75) is 20.3 Å². The third kappa shape index (κ3) is 6.31.